The fourth-order valence-electron chi connectivity index (χ4n) is 0.539. The lowest BCUT2D eigenvalue weighted by Gasteiger charge is -1.98. The number of tetrazole rings is 1. The summed E-state index contributed by atoms with van der Waals surface area (Å²) < 4.78 is 1.21. The van der Waals surface area contributed by atoms with Gasteiger partial charge in [-0.1, -0.05) is 5.10 Å². The first kappa shape index (κ1) is 7.45. The van der Waals surface area contributed by atoms with Crippen LogP contribution in [0.3, 0.4) is 0 Å². The minimum Gasteiger partial charge on any atom is -0.367 e. The van der Waals surface area contributed by atoms with Crippen LogP contribution in [0.15, 0.2) is 0 Å². The van der Waals surface area contributed by atoms with E-state index >= 15 is 0 Å². The third kappa shape index (κ3) is 1.63. The summed E-state index contributed by atoms with van der Waals surface area (Å²) in [5.74, 6) is -0.0578. The number of anilines is 1. The maximum Gasteiger partial charge on any atom is 0.241 e. The lowest BCUT2D eigenvalue weighted by Crippen LogP contribution is -2.24. The SMILES string of the molecule is CNC(=O)Cn1nnnc1N. The second-order valence-electron chi connectivity index (χ2n) is 1.87. The van der Waals surface area contributed by atoms with E-state index in [9.17, 15) is 4.79 Å². The van der Waals surface area contributed by atoms with Gasteiger partial charge in [-0.05, 0) is 10.4 Å². The molecule has 0 radical (unpaired) electrons. The van der Waals surface area contributed by atoms with Gasteiger partial charge in [-0.25, -0.2) is 4.68 Å². The Morgan fingerprint density at radius 2 is 2.55 bits per heavy atom. The van der Waals surface area contributed by atoms with E-state index in [0.29, 0.717) is 0 Å². The van der Waals surface area contributed by atoms with Gasteiger partial charge in [0.15, 0.2) is 0 Å². The molecule has 0 saturated heterocycles. The van der Waals surface area contributed by atoms with Gasteiger partial charge in [-0.15, -0.1) is 0 Å². The summed E-state index contributed by atoms with van der Waals surface area (Å²) in [5.41, 5.74) is 5.29. The van der Waals surface area contributed by atoms with E-state index in [2.05, 4.69) is 20.8 Å². The summed E-state index contributed by atoms with van der Waals surface area (Å²) in [6.07, 6.45) is 0. The number of nitrogens with two attached hydrogens (primary N) is 1. The zero-order valence-corrected chi connectivity index (χ0v) is 5.98. The van der Waals surface area contributed by atoms with Crippen molar-refractivity contribution in [1.82, 2.24) is 25.5 Å². The Kier molecular flexibility index (Phi) is 2.00. The number of rotatable bonds is 2. The molecule has 7 nitrogen and oxygen atoms in total. The molecule has 0 fully saturated rings. The molecule has 0 aromatic carbocycles. The number of carbonyl (C=O) groups is 1. The number of amides is 1. The highest BCUT2D eigenvalue weighted by molar-refractivity contribution is 5.75. The Labute approximate surface area is 62.6 Å². The summed E-state index contributed by atoms with van der Waals surface area (Å²) in [7, 11) is 1.53. The molecule has 1 aromatic heterocycles. The van der Waals surface area contributed by atoms with E-state index in [1.807, 2.05) is 0 Å². The number of hydrogen-bond donors (Lipinski definition) is 2. The van der Waals surface area contributed by atoms with Crippen molar-refractivity contribution in [1.29, 1.82) is 0 Å². The van der Waals surface area contributed by atoms with E-state index in [4.69, 9.17) is 5.73 Å². The van der Waals surface area contributed by atoms with Gasteiger partial charge in [0.05, 0.1) is 0 Å². The second kappa shape index (κ2) is 2.95. The first-order valence-electron chi connectivity index (χ1n) is 2.96. The zero-order valence-electron chi connectivity index (χ0n) is 5.98. The van der Waals surface area contributed by atoms with Crippen LogP contribution >= 0.6 is 0 Å². The number of nitrogens with zero attached hydrogens (tertiary/aromatic N) is 4. The second-order valence-corrected chi connectivity index (χ2v) is 1.87. The van der Waals surface area contributed by atoms with Crippen molar-refractivity contribution in [3.8, 4) is 0 Å². The van der Waals surface area contributed by atoms with Gasteiger partial charge in [0.2, 0.25) is 11.9 Å². The van der Waals surface area contributed by atoms with Gasteiger partial charge in [-0.3, -0.25) is 4.79 Å². The Hall–Kier alpha value is -1.66. The molecule has 0 unspecified atom stereocenters. The maximum absolute atomic E-state index is 10.7. The fraction of sp³-hybridized carbons (Fsp3) is 0.500. The van der Waals surface area contributed by atoms with Gasteiger partial charge in [0.25, 0.3) is 0 Å². The van der Waals surface area contributed by atoms with Crippen LogP contribution in [-0.4, -0.2) is 33.2 Å². The standard InChI is InChI=1S/C4H8N6O/c1-6-3(11)2-10-4(5)7-8-9-10/h2H2,1H3,(H,6,11)(H2,5,7,9). The molecule has 60 valence electrons. The molecule has 0 atom stereocenters. The average Bonchev–Trinajstić information content (AvgIpc) is 2.37. The number of nitrogen functional groups attached to an aromatic ring is 1. The van der Waals surface area contributed by atoms with Crippen LogP contribution in [0.2, 0.25) is 0 Å². The minimum absolute atomic E-state index is 0.0509. The van der Waals surface area contributed by atoms with Crippen LogP contribution in [0.1, 0.15) is 0 Å². The Bertz CT molecular complexity index is 255. The van der Waals surface area contributed by atoms with Crippen LogP contribution in [0.25, 0.3) is 0 Å². The number of likely N-dealkylation sites (N-methyl/N-ethyl adjacent to an activating group) is 1. The molecular weight excluding hydrogens is 148 g/mol. The van der Waals surface area contributed by atoms with Gasteiger partial charge in [0, 0.05) is 7.05 Å². The lowest BCUT2D eigenvalue weighted by atomic mass is 10.6. The largest absolute Gasteiger partial charge is 0.367 e. The minimum atomic E-state index is -0.191. The smallest absolute Gasteiger partial charge is 0.241 e. The van der Waals surface area contributed by atoms with E-state index in [1.54, 1.807) is 0 Å². The molecule has 11 heavy (non-hydrogen) atoms. The first-order valence-corrected chi connectivity index (χ1v) is 2.96. The van der Waals surface area contributed by atoms with Crippen molar-refractivity contribution >= 4 is 11.9 Å². The highest BCUT2D eigenvalue weighted by Gasteiger charge is 2.04. The third-order valence-corrected chi connectivity index (χ3v) is 1.13. The molecule has 0 bridgehead atoms. The fourth-order valence-corrected chi connectivity index (χ4v) is 0.539. The van der Waals surface area contributed by atoms with Crippen molar-refractivity contribution < 1.29 is 4.79 Å². The first-order chi connectivity index (χ1) is 5.24. The summed E-state index contributed by atoms with van der Waals surface area (Å²) in [4.78, 5) is 10.7. The van der Waals surface area contributed by atoms with E-state index in [-0.39, 0.29) is 18.4 Å². The number of hydrogen-bond acceptors (Lipinski definition) is 5. The van der Waals surface area contributed by atoms with Crippen molar-refractivity contribution in [2.75, 3.05) is 12.8 Å². The van der Waals surface area contributed by atoms with Crippen LogP contribution in [-0.2, 0) is 11.3 Å². The molecule has 0 spiro atoms. The number of aromatic nitrogens is 4. The zero-order chi connectivity index (χ0) is 8.27. The van der Waals surface area contributed by atoms with Crippen molar-refractivity contribution in [3.05, 3.63) is 0 Å². The van der Waals surface area contributed by atoms with Crippen LogP contribution in [0.5, 0.6) is 0 Å². The van der Waals surface area contributed by atoms with E-state index < -0.39 is 0 Å². The predicted octanol–water partition coefficient (Wildman–Crippen LogP) is -2.00. The van der Waals surface area contributed by atoms with Gasteiger partial charge < -0.3 is 11.1 Å². The van der Waals surface area contributed by atoms with Crippen LogP contribution in [0, 0.1) is 0 Å². The van der Waals surface area contributed by atoms with Crippen LogP contribution < -0.4 is 11.1 Å². The molecular formula is C4H8N6O. The molecule has 1 heterocycles. The van der Waals surface area contributed by atoms with Crippen molar-refractivity contribution in [2.45, 2.75) is 6.54 Å². The summed E-state index contributed by atoms with van der Waals surface area (Å²) >= 11 is 0. The van der Waals surface area contributed by atoms with Gasteiger partial charge in [0.1, 0.15) is 6.54 Å². The Balaban J connectivity index is 2.64. The van der Waals surface area contributed by atoms with Gasteiger partial charge >= 0.3 is 0 Å². The van der Waals surface area contributed by atoms with Gasteiger partial charge in [-0.2, -0.15) is 0 Å². The predicted molar refractivity (Wildman–Crippen MR) is 36.3 cm³/mol. The third-order valence-electron chi connectivity index (χ3n) is 1.13. The molecule has 0 aliphatic carbocycles. The highest BCUT2D eigenvalue weighted by Crippen LogP contribution is 1.89. The highest BCUT2D eigenvalue weighted by atomic mass is 16.2. The summed E-state index contributed by atoms with van der Waals surface area (Å²) in [6.45, 7) is 0.0509. The average molecular weight is 156 g/mol. The lowest BCUT2D eigenvalue weighted by molar-refractivity contribution is -0.121. The van der Waals surface area contributed by atoms with Crippen LogP contribution in [0.4, 0.5) is 5.95 Å². The molecule has 0 saturated carbocycles. The van der Waals surface area contributed by atoms with E-state index in [0.717, 1.165) is 0 Å². The Morgan fingerprint density at radius 3 is 3.00 bits per heavy atom. The monoisotopic (exact) mass is 156 g/mol. The number of nitrogens with one attached hydrogen (secondary N) is 1. The maximum atomic E-state index is 10.7. The summed E-state index contributed by atoms with van der Waals surface area (Å²) in [6, 6.07) is 0. The molecule has 0 aliphatic rings. The molecule has 1 rings (SSSR count). The van der Waals surface area contributed by atoms with Crippen molar-refractivity contribution in [3.63, 3.8) is 0 Å². The topological polar surface area (TPSA) is 98.7 Å². The molecule has 1 amide bonds. The summed E-state index contributed by atoms with van der Waals surface area (Å²) in [5, 5.41) is 12.6. The van der Waals surface area contributed by atoms with E-state index in [1.165, 1.54) is 11.7 Å². The molecule has 1 aromatic rings. The molecule has 0 aliphatic heterocycles. The normalized spacial score (nSPS) is 9.55. The number of carbonyl (C=O) groups excluding carboxylic acids is 1. The quantitative estimate of drug-likeness (QED) is 0.516. The molecule has 7 heteroatoms. The molecule has 3 N–H and O–H groups in total. The van der Waals surface area contributed by atoms with Crippen molar-refractivity contribution in [2.24, 2.45) is 0 Å². The Morgan fingerprint density at radius 1 is 1.82 bits per heavy atom.